The van der Waals surface area contributed by atoms with Crippen molar-refractivity contribution in [3.63, 3.8) is 0 Å². The van der Waals surface area contributed by atoms with Gasteiger partial charge in [-0.05, 0) is 31.2 Å². The molecule has 3 rings (SSSR count). The van der Waals surface area contributed by atoms with Crippen LogP contribution in [0, 0.1) is 6.92 Å². The average Bonchev–Trinajstić information content (AvgIpc) is 3.16. The zero-order chi connectivity index (χ0) is 16.2. The first kappa shape index (κ1) is 15.6. The van der Waals surface area contributed by atoms with Crippen molar-refractivity contribution < 1.29 is 9.53 Å². The number of hydrogen-bond acceptors (Lipinski definition) is 7. The number of benzene rings is 1. The number of methoxy groups -OCH3 is 1. The van der Waals surface area contributed by atoms with Crippen LogP contribution >= 0.6 is 22.7 Å². The summed E-state index contributed by atoms with van der Waals surface area (Å²) >= 11 is 2.86. The van der Waals surface area contributed by atoms with Crippen LogP contribution in [-0.4, -0.2) is 28.2 Å². The van der Waals surface area contributed by atoms with E-state index in [1.807, 2.05) is 36.6 Å². The number of carbonyl (C=O) groups is 1. The summed E-state index contributed by atoms with van der Waals surface area (Å²) in [5.74, 6) is 0.657. The molecule has 8 heteroatoms. The third-order valence-corrected chi connectivity index (χ3v) is 4.70. The van der Waals surface area contributed by atoms with Gasteiger partial charge >= 0.3 is 0 Å². The second kappa shape index (κ2) is 6.84. The van der Waals surface area contributed by atoms with E-state index >= 15 is 0 Å². The highest BCUT2D eigenvalue weighted by Gasteiger charge is 2.11. The Labute approximate surface area is 141 Å². The molecule has 6 nitrogen and oxygen atoms in total. The number of hydrogen-bond donors (Lipinski definition) is 1. The molecule has 2 aromatic heterocycles. The number of aryl methyl sites for hydroxylation is 1. The van der Waals surface area contributed by atoms with Gasteiger partial charge in [-0.1, -0.05) is 11.3 Å². The van der Waals surface area contributed by atoms with Crippen molar-refractivity contribution in [3.05, 3.63) is 40.3 Å². The van der Waals surface area contributed by atoms with Gasteiger partial charge in [-0.25, -0.2) is 4.98 Å². The highest BCUT2D eigenvalue weighted by molar-refractivity contribution is 7.15. The predicted molar refractivity (Wildman–Crippen MR) is 91.1 cm³/mol. The summed E-state index contributed by atoms with van der Waals surface area (Å²) in [7, 11) is 1.63. The van der Waals surface area contributed by atoms with Gasteiger partial charge in [-0.3, -0.25) is 4.79 Å². The van der Waals surface area contributed by atoms with E-state index in [0.717, 1.165) is 27.0 Å². The molecule has 0 spiro atoms. The fourth-order valence-corrected chi connectivity index (χ4v) is 3.36. The van der Waals surface area contributed by atoms with E-state index in [0.29, 0.717) is 5.13 Å². The predicted octanol–water partition coefficient (Wildman–Crippen LogP) is 3.16. The highest BCUT2D eigenvalue weighted by atomic mass is 32.1. The number of amides is 1. The van der Waals surface area contributed by atoms with Crippen LogP contribution in [0.5, 0.6) is 5.75 Å². The van der Waals surface area contributed by atoms with Crippen molar-refractivity contribution >= 4 is 33.7 Å². The Morgan fingerprint density at radius 3 is 2.70 bits per heavy atom. The molecule has 0 aliphatic carbocycles. The van der Waals surface area contributed by atoms with Crippen LogP contribution in [0.15, 0.2) is 29.6 Å². The van der Waals surface area contributed by atoms with Gasteiger partial charge in [0.15, 0.2) is 0 Å². The lowest BCUT2D eigenvalue weighted by atomic mass is 10.2. The van der Waals surface area contributed by atoms with Gasteiger partial charge in [0, 0.05) is 10.9 Å². The van der Waals surface area contributed by atoms with E-state index in [4.69, 9.17) is 4.74 Å². The lowest BCUT2D eigenvalue weighted by Crippen LogP contribution is -2.14. The Hall–Kier alpha value is -2.32. The zero-order valence-electron chi connectivity index (χ0n) is 12.6. The molecule has 0 radical (unpaired) electrons. The van der Waals surface area contributed by atoms with Crippen LogP contribution in [0.2, 0.25) is 0 Å². The minimum absolute atomic E-state index is 0.146. The summed E-state index contributed by atoms with van der Waals surface area (Å²) in [6.45, 7) is 1.84. The first-order chi connectivity index (χ1) is 11.1. The molecule has 2 heterocycles. The zero-order valence-corrected chi connectivity index (χ0v) is 14.2. The lowest BCUT2D eigenvalue weighted by molar-refractivity contribution is -0.115. The average molecular weight is 346 g/mol. The van der Waals surface area contributed by atoms with E-state index in [2.05, 4.69) is 20.5 Å². The molecule has 0 aliphatic rings. The second-order valence-corrected chi connectivity index (χ2v) is 6.76. The Morgan fingerprint density at radius 1 is 1.26 bits per heavy atom. The Morgan fingerprint density at radius 2 is 2.04 bits per heavy atom. The maximum Gasteiger partial charge on any atom is 0.232 e. The van der Waals surface area contributed by atoms with E-state index in [1.54, 1.807) is 7.11 Å². The van der Waals surface area contributed by atoms with Crippen LogP contribution in [0.25, 0.3) is 10.6 Å². The Balaban J connectivity index is 1.65. The van der Waals surface area contributed by atoms with Crippen molar-refractivity contribution in [3.8, 4) is 16.3 Å². The fraction of sp³-hybridized carbons (Fsp3) is 0.200. The van der Waals surface area contributed by atoms with Gasteiger partial charge < -0.3 is 10.1 Å². The molecule has 0 saturated carbocycles. The van der Waals surface area contributed by atoms with Crippen molar-refractivity contribution in [2.24, 2.45) is 0 Å². The van der Waals surface area contributed by atoms with Crippen LogP contribution in [0.3, 0.4) is 0 Å². The molecule has 118 valence electrons. The normalized spacial score (nSPS) is 10.5. The molecule has 23 heavy (non-hydrogen) atoms. The van der Waals surface area contributed by atoms with Crippen molar-refractivity contribution in [1.82, 2.24) is 15.2 Å². The van der Waals surface area contributed by atoms with Gasteiger partial charge in [-0.2, -0.15) is 0 Å². The SMILES string of the molecule is COc1ccc(-c2nc(CC(=O)Nc3nnc(C)s3)cs2)cc1. The fourth-order valence-electron chi connectivity index (χ4n) is 1.93. The lowest BCUT2D eigenvalue weighted by Gasteiger charge is -2.00. The molecule has 0 unspecified atom stereocenters. The number of thiazole rings is 1. The number of ether oxygens (including phenoxy) is 1. The number of nitrogens with zero attached hydrogens (tertiary/aromatic N) is 3. The minimum atomic E-state index is -0.146. The number of carbonyl (C=O) groups excluding carboxylic acids is 1. The Kier molecular flexibility index (Phi) is 4.63. The van der Waals surface area contributed by atoms with Gasteiger partial charge in [0.25, 0.3) is 0 Å². The Bertz CT molecular complexity index is 811. The molecule has 1 aromatic carbocycles. The summed E-state index contributed by atoms with van der Waals surface area (Å²) in [5, 5.41) is 14.6. The first-order valence-electron chi connectivity index (χ1n) is 6.83. The summed E-state index contributed by atoms with van der Waals surface area (Å²) in [6.07, 6.45) is 0.214. The van der Waals surface area contributed by atoms with Crippen molar-refractivity contribution in [1.29, 1.82) is 0 Å². The number of nitrogens with one attached hydrogen (secondary N) is 1. The van der Waals surface area contributed by atoms with Gasteiger partial charge in [0.05, 0.1) is 19.2 Å². The molecular formula is C15H14N4O2S2. The monoisotopic (exact) mass is 346 g/mol. The molecular weight excluding hydrogens is 332 g/mol. The van der Waals surface area contributed by atoms with E-state index < -0.39 is 0 Å². The van der Waals surface area contributed by atoms with E-state index in [9.17, 15) is 4.79 Å². The third-order valence-electron chi connectivity index (χ3n) is 3.00. The van der Waals surface area contributed by atoms with Crippen LogP contribution in [0.1, 0.15) is 10.7 Å². The minimum Gasteiger partial charge on any atom is -0.497 e. The summed E-state index contributed by atoms with van der Waals surface area (Å²) in [6, 6.07) is 7.68. The van der Waals surface area contributed by atoms with E-state index in [1.165, 1.54) is 22.7 Å². The molecule has 1 N–H and O–H groups in total. The molecule has 0 bridgehead atoms. The number of anilines is 1. The molecule has 0 aliphatic heterocycles. The summed E-state index contributed by atoms with van der Waals surface area (Å²) in [4.78, 5) is 16.5. The largest absolute Gasteiger partial charge is 0.497 e. The topological polar surface area (TPSA) is 77.0 Å². The van der Waals surface area contributed by atoms with Crippen LogP contribution in [0.4, 0.5) is 5.13 Å². The van der Waals surface area contributed by atoms with E-state index in [-0.39, 0.29) is 12.3 Å². The van der Waals surface area contributed by atoms with Crippen molar-refractivity contribution in [2.75, 3.05) is 12.4 Å². The standard InChI is InChI=1S/C15H14N4O2S2/c1-9-18-19-15(23-9)17-13(20)7-11-8-22-14(16-11)10-3-5-12(21-2)6-4-10/h3-6,8H,7H2,1-2H3,(H,17,19,20). The van der Waals surface area contributed by atoms with Crippen LogP contribution in [-0.2, 0) is 11.2 Å². The number of rotatable bonds is 5. The van der Waals surface area contributed by atoms with Crippen molar-refractivity contribution in [2.45, 2.75) is 13.3 Å². The smallest absolute Gasteiger partial charge is 0.232 e. The summed E-state index contributed by atoms with van der Waals surface area (Å²) < 4.78 is 5.14. The molecule has 0 saturated heterocycles. The third kappa shape index (κ3) is 3.91. The maximum atomic E-state index is 12.0. The van der Waals surface area contributed by atoms with Gasteiger partial charge in [-0.15, -0.1) is 21.5 Å². The second-order valence-electron chi connectivity index (χ2n) is 4.72. The molecule has 1 amide bonds. The van der Waals surface area contributed by atoms with Gasteiger partial charge in [0.2, 0.25) is 11.0 Å². The van der Waals surface area contributed by atoms with Gasteiger partial charge in [0.1, 0.15) is 15.8 Å². The molecule has 0 fully saturated rings. The maximum absolute atomic E-state index is 12.0. The first-order valence-corrected chi connectivity index (χ1v) is 8.52. The van der Waals surface area contributed by atoms with Crippen LogP contribution < -0.4 is 10.1 Å². The highest BCUT2D eigenvalue weighted by Crippen LogP contribution is 2.26. The summed E-state index contributed by atoms with van der Waals surface area (Å²) in [5.41, 5.74) is 1.74. The number of aromatic nitrogens is 3. The molecule has 3 aromatic rings. The quantitative estimate of drug-likeness (QED) is 0.768. The molecule has 0 atom stereocenters.